The lowest BCUT2D eigenvalue weighted by Gasteiger charge is -2.10. The van der Waals surface area contributed by atoms with Crippen LogP contribution in [0.4, 0.5) is 5.69 Å². The zero-order valence-electron chi connectivity index (χ0n) is 15.8. The molecule has 1 N–H and O–H groups in total. The molecule has 0 aliphatic heterocycles. The summed E-state index contributed by atoms with van der Waals surface area (Å²) in [6.07, 6.45) is 0.207. The molecule has 0 bridgehead atoms. The van der Waals surface area contributed by atoms with Crippen molar-refractivity contribution in [1.29, 1.82) is 0 Å². The van der Waals surface area contributed by atoms with Crippen LogP contribution in [0.2, 0.25) is 0 Å². The maximum Gasteiger partial charge on any atom is 0.340 e. The number of thiophene rings is 1. The molecule has 0 aliphatic rings. The number of carbonyl (C=O) groups is 2. The Morgan fingerprint density at radius 1 is 1.03 bits per heavy atom. The molecule has 0 fully saturated rings. The summed E-state index contributed by atoms with van der Waals surface area (Å²) in [5, 5.41) is 10.4. The van der Waals surface area contributed by atoms with Gasteiger partial charge >= 0.3 is 5.97 Å². The molecule has 2 aromatic heterocycles. The Bertz CT molecular complexity index is 1140. The minimum Gasteiger partial charge on any atom is -0.454 e. The quantitative estimate of drug-likeness (QED) is 0.448. The molecule has 150 valence electrons. The van der Waals surface area contributed by atoms with Gasteiger partial charge in [0.15, 0.2) is 6.61 Å². The number of aromatic nitrogens is 2. The van der Waals surface area contributed by atoms with Gasteiger partial charge in [-0.3, -0.25) is 4.79 Å². The van der Waals surface area contributed by atoms with E-state index in [4.69, 9.17) is 9.26 Å². The van der Waals surface area contributed by atoms with E-state index in [0.29, 0.717) is 11.6 Å². The summed E-state index contributed by atoms with van der Waals surface area (Å²) in [7, 11) is 0. The fraction of sp³-hybridized carbons (Fsp3) is 0.0909. The molecule has 4 aromatic rings. The number of nitrogens with one attached hydrogen (secondary N) is 1. The Balaban J connectivity index is 1.39. The maximum atomic E-state index is 12.6. The van der Waals surface area contributed by atoms with Gasteiger partial charge in [-0.25, -0.2) is 4.79 Å². The second-order valence-corrected chi connectivity index (χ2v) is 7.14. The summed E-state index contributed by atoms with van der Waals surface area (Å²) in [5.74, 6) is -0.182. The molecule has 2 heterocycles. The number of ether oxygens (including phenoxy) is 1. The van der Waals surface area contributed by atoms with Gasteiger partial charge in [-0.2, -0.15) is 16.3 Å². The van der Waals surface area contributed by atoms with Crippen LogP contribution in [-0.4, -0.2) is 22.0 Å². The summed E-state index contributed by atoms with van der Waals surface area (Å²) in [5.41, 5.74) is 2.33. The monoisotopic (exact) mass is 419 g/mol. The molecule has 30 heavy (non-hydrogen) atoms. The van der Waals surface area contributed by atoms with Crippen molar-refractivity contribution in [3.05, 3.63) is 88.4 Å². The van der Waals surface area contributed by atoms with Crippen molar-refractivity contribution < 1.29 is 18.8 Å². The lowest BCUT2D eigenvalue weighted by molar-refractivity contribution is -0.115. The predicted molar refractivity (Wildman–Crippen MR) is 112 cm³/mol. The second-order valence-electron chi connectivity index (χ2n) is 6.36. The minimum absolute atomic E-state index is 0.140. The standard InChI is InChI=1S/C22H17N3O4S/c26-20(12-15-6-2-1-3-7-15)23-18-9-5-4-8-17(18)22(27)28-13-19-24-21(29-25-19)16-10-11-30-14-16/h1-11,14H,12-13H2,(H,23,26). The molecule has 2 aromatic carbocycles. The first kappa shape index (κ1) is 19.5. The number of benzene rings is 2. The molecule has 4 rings (SSSR count). The first-order valence-electron chi connectivity index (χ1n) is 9.14. The largest absolute Gasteiger partial charge is 0.454 e. The normalized spacial score (nSPS) is 10.5. The second kappa shape index (κ2) is 9.15. The zero-order valence-corrected chi connectivity index (χ0v) is 16.6. The molecule has 0 saturated carbocycles. The highest BCUT2D eigenvalue weighted by Gasteiger charge is 2.16. The molecule has 0 atom stereocenters. The molecule has 0 saturated heterocycles. The van der Waals surface area contributed by atoms with Crippen molar-refractivity contribution in [3.63, 3.8) is 0 Å². The van der Waals surface area contributed by atoms with Crippen LogP contribution in [0.1, 0.15) is 21.7 Å². The Morgan fingerprint density at radius 3 is 2.63 bits per heavy atom. The molecule has 7 nitrogen and oxygen atoms in total. The van der Waals surface area contributed by atoms with Crippen LogP contribution in [-0.2, 0) is 22.6 Å². The summed E-state index contributed by atoms with van der Waals surface area (Å²) < 4.78 is 10.5. The van der Waals surface area contributed by atoms with Gasteiger partial charge in [0.25, 0.3) is 5.89 Å². The minimum atomic E-state index is -0.590. The van der Waals surface area contributed by atoms with Crippen molar-refractivity contribution in [2.75, 3.05) is 5.32 Å². The third kappa shape index (κ3) is 4.79. The van der Waals surface area contributed by atoms with Crippen molar-refractivity contribution in [2.24, 2.45) is 0 Å². The van der Waals surface area contributed by atoms with Crippen molar-refractivity contribution in [3.8, 4) is 11.5 Å². The van der Waals surface area contributed by atoms with Crippen LogP contribution in [0, 0.1) is 0 Å². The van der Waals surface area contributed by atoms with Crippen LogP contribution in [0.3, 0.4) is 0 Å². The van der Waals surface area contributed by atoms with Gasteiger partial charge in [0.05, 0.1) is 23.2 Å². The average Bonchev–Trinajstić information content (AvgIpc) is 3.45. The number of amides is 1. The van der Waals surface area contributed by atoms with E-state index in [1.807, 2.05) is 47.2 Å². The van der Waals surface area contributed by atoms with Gasteiger partial charge in [0, 0.05) is 5.38 Å². The van der Waals surface area contributed by atoms with Crippen molar-refractivity contribution in [2.45, 2.75) is 13.0 Å². The van der Waals surface area contributed by atoms with Crippen LogP contribution < -0.4 is 5.32 Å². The average molecular weight is 419 g/mol. The first-order valence-corrected chi connectivity index (χ1v) is 10.1. The summed E-state index contributed by atoms with van der Waals surface area (Å²) >= 11 is 1.52. The number of nitrogens with zero attached hydrogens (tertiary/aromatic N) is 2. The zero-order chi connectivity index (χ0) is 20.8. The van der Waals surface area contributed by atoms with Crippen LogP contribution in [0.25, 0.3) is 11.5 Å². The Morgan fingerprint density at radius 2 is 1.83 bits per heavy atom. The highest BCUT2D eigenvalue weighted by atomic mass is 32.1. The van der Waals surface area contributed by atoms with E-state index in [-0.39, 0.29) is 30.3 Å². The molecule has 0 spiro atoms. The molecular formula is C22H17N3O4S. The summed E-state index contributed by atoms with van der Waals surface area (Å²) in [4.78, 5) is 29.1. The van der Waals surface area contributed by atoms with E-state index in [2.05, 4.69) is 15.5 Å². The molecule has 0 radical (unpaired) electrons. The Kier molecular flexibility index (Phi) is 5.95. The number of esters is 1. The molecule has 1 amide bonds. The van der Waals surface area contributed by atoms with Gasteiger partial charge in [0.2, 0.25) is 11.7 Å². The van der Waals surface area contributed by atoms with Gasteiger partial charge in [-0.1, -0.05) is 47.6 Å². The lowest BCUT2D eigenvalue weighted by Crippen LogP contribution is -2.17. The van der Waals surface area contributed by atoms with Crippen LogP contribution >= 0.6 is 11.3 Å². The van der Waals surface area contributed by atoms with E-state index >= 15 is 0 Å². The smallest absolute Gasteiger partial charge is 0.340 e. The van der Waals surface area contributed by atoms with E-state index in [9.17, 15) is 9.59 Å². The summed E-state index contributed by atoms with van der Waals surface area (Å²) in [6.45, 7) is -0.140. The van der Waals surface area contributed by atoms with Crippen LogP contribution in [0.15, 0.2) is 75.9 Å². The molecule has 0 unspecified atom stereocenters. The van der Waals surface area contributed by atoms with Gasteiger partial charge in [-0.15, -0.1) is 0 Å². The van der Waals surface area contributed by atoms with Gasteiger partial charge in [0.1, 0.15) is 0 Å². The fourth-order valence-electron chi connectivity index (χ4n) is 2.77. The van der Waals surface area contributed by atoms with Crippen molar-refractivity contribution >= 4 is 28.9 Å². The van der Waals surface area contributed by atoms with Gasteiger partial charge < -0.3 is 14.6 Å². The highest BCUT2D eigenvalue weighted by Crippen LogP contribution is 2.21. The van der Waals surface area contributed by atoms with Gasteiger partial charge in [-0.05, 0) is 29.1 Å². The molecule has 0 aliphatic carbocycles. The molecule has 8 heteroatoms. The third-order valence-corrected chi connectivity index (χ3v) is 4.88. The highest BCUT2D eigenvalue weighted by molar-refractivity contribution is 7.08. The number of carbonyl (C=O) groups excluding carboxylic acids is 2. The third-order valence-electron chi connectivity index (χ3n) is 4.20. The van der Waals surface area contributed by atoms with Crippen molar-refractivity contribution in [1.82, 2.24) is 10.1 Å². The number of para-hydroxylation sites is 1. The topological polar surface area (TPSA) is 94.3 Å². The van der Waals surface area contributed by atoms with E-state index in [0.717, 1.165) is 11.1 Å². The predicted octanol–water partition coefficient (Wildman–Crippen LogP) is 4.34. The Labute approximate surface area is 176 Å². The number of hydrogen-bond acceptors (Lipinski definition) is 7. The van der Waals surface area contributed by atoms with Crippen LogP contribution in [0.5, 0.6) is 0 Å². The number of hydrogen-bond donors (Lipinski definition) is 1. The number of rotatable bonds is 7. The maximum absolute atomic E-state index is 12.6. The fourth-order valence-corrected chi connectivity index (χ4v) is 3.40. The SMILES string of the molecule is O=C(Cc1ccccc1)Nc1ccccc1C(=O)OCc1noc(-c2ccsc2)n1. The number of anilines is 1. The lowest BCUT2D eigenvalue weighted by atomic mass is 10.1. The molecular weight excluding hydrogens is 402 g/mol. The van der Waals surface area contributed by atoms with E-state index < -0.39 is 5.97 Å². The van der Waals surface area contributed by atoms with E-state index in [1.54, 1.807) is 24.3 Å². The Hall–Kier alpha value is -3.78. The summed E-state index contributed by atoms with van der Waals surface area (Å²) in [6, 6.07) is 17.9. The first-order chi connectivity index (χ1) is 14.7. The van der Waals surface area contributed by atoms with E-state index in [1.165, 1.54) is 11.3 Å².